The zero-order chi connectivity index (χ0) is 17.3. The number of para-hydroxylation sites is 1. The van der Waals surface area contributed by atoms with Crippen LogP contribution < -0.4 is 11.5 Å². The third-order valence-electron chi connectivity index (χ3n) is 4.44. The Balaban J connectivity index is 1.86. The van der Waals surface area contributed by atoms with Gasteiger partial charge in [0.05, 0.1) is 0 Å². The van der Waals surface area contributed by atoms with Crippen molar-refractivity contribution in [3.05, 3.63) is 59.2 Å². The molecule has 0 radical (unpaired) electrons. The number of likely N-dealkylation sites (tertiary alicyclic amines) is 1. The molecule has 5 nitrogen and oxygen atoms in total. The molecule has 2 aromatic carbocycles. The van der Waals surface area contributed by atoms with Crippen LogP contribution in [0.4, 0.5) is 5.69 Å². The van der Waals surface area contributed by atoms with Crippen LogP contribution in [0.1, 0.15) is 29.5 Å². The average Bonchev–Trinajstić information content (AvgIpc) is 2.49. The van der Waals surface area contributed by atoms with E-state index >= 15 is 0 Å². The molecule has 5 N–H and O–H groups in total. The van der Waals surface area contributed by atoms with Gasteiger partial charge in [-0.05, 0) is 41.5 Å². The molecule has 0 unspecified atom stereocenters. The van der Waals surface area contributed by atoms with Gasteiger partial charge < -0.3 is 21.5 Å². The number of benzene rings is 2. The molecule has 1 saturated heterocycles. The fraction of sp³-hybridized carbons (Fsp3) is 0.211. The molecule has 1 aliphatic rings. The fourth-order valence-electron chi connectivity index (χ4n) is 2.88. The van der Waals surface area contributed by atoms with Crippen LogP contribution in [0.3, 0.4) is 0 Å². The minimum Gasteiger partial charge on any atom is -0.507 e. The molecule has 1 fully saturated rings. The molecule has 0 aromatic heterocycles. The minimum atomic E-state index is 0.102. The molecule has 0 aliphatic carbocycles. The van der Waals surface area contributed by atoms with Crippen molar-refractivity contribution in [1.82, 2.24) is 4.90 Å². The van der Waals surface area contributed by atoms with Crippen molar-refractivity contribution >= 4 is 23.4 Å². The van der Waals surface area contributed by atoms with Crippen molar-refractivity contribution in [2.45, 2.75) is 12.8 Å². The summed E-state index contributed by atoms with van der Waals surface area (Å²) in [5, 5.41) is 9.91. The monoisotopic (exact) mass is 323 g/mol. The van der Waals surface area contributed by atoms with Gasteiger partial charge in [0.25, 0.3) is 0 Å². The van der Waals surface area contributed by atoms with E-state index in [0.717, 1.165) is 24.2 Å². The Labute approximate surface area is 141 Å². The summed E-state index contributed by atoms with van der Waals surface area (Å²) in [7, 11) is 0. The molecule has 3 rings (SSSR count). The number of anilines is 1. The lowest BCUT2D eigenvalue weighted by molar-refractivity contribution is -0.133. The zero-order valence-electron chi connectivity index (χ0n) is 13.6. The number of phenols is 1. The Hall–Kier alpha value is -2.95. The standard InChI is InChI=1S/C19H21N3O2/c1-12(23)22-10-15(11-22)13-6-7-17(20)14(8-13)9-18(21)16-4-2-3-5-19(16)24/h2-9,15,24H,10-11,20-21H2,1H3/b18-9-. The Morgan fingerprint density at radius 2 is 1.96 bits per heavy atom. The van der Waals surface area contributed by atoms with Gasteiger partial charge in [-0.15, -0.1) is 0 Å². The summed E-state index contributed by atoms with van der Waals surface area (Å²) in [6.07, 6.45) is 1.77. The van der Waals surface area contributed by atoms with Crippen LogP contribution in [0.15, 0.2) is 42.5 Å². The van der Waals surface area contributed by atoms with Gasteiger partial charge in [-0.1, -0.05) is 18.2 Å². The highest BCUT2D eigenvalue weighted by Crippen LogP contribution is 2.31. The minimum absolute atomic E-state index is 0.102. The summed E-state index contributed by atoms with van der Waals surface area (Å²) < 4.78 is 0. The third-order valence-corrected chi connectivity index (χ3v) is 4.44. The van der Waals surface area contributed by atoms with Gasteiger partial charge >= 0.3 is 0 Å². The summed E-state index contributed by atoms with van der Waals surface area (Å²) >= 11 is 0. The molecule has 0 bridgehead atoms. The lowest BCUT2D eigenvalue weighted by Gasteiger charge is -2.39. The van der Waals surface area contributed by atoms with E-state index in [1.54, 1.807) is 31.2 Å². The Bertz CT molecular complexity index is 808. The van der Waals surface area contributed by atoms with Crippen LogP contribution in [-0.4, -0.2) is 29.0 Å². The number of carbonyl (C=O) groups is 1. The molecule has 2 aromatic rings. The largest absolute Gasteiger partial charge is 0.507 e. The average molecular weight is 323 g/mol. The second-order valence-corrected chi connectivity index (χ2v) is 6.13. The number of carbonyl (C=O) groups excluding carboxylic acids is 1. The molecule has 0 saturated carbocycles. The second kappa shape index (κ2) is 6.28. The molecule has 0 atom stereocenters. The van der Waals surface area contributed by atoms with Crippen LogP contribution in [0, 0.1) is 0 Å². The van der Waals surface area contributed by atoms with E-state index < -0.39 is 0 Å². The smallest absolute Gasteiger partial charge is 0.219 e. The van der Waals surface area contributed by atoms with Crippen molar-refractivity contribution in [1.29, 1.82) is 0 Å². The summed E-state index contributed by atoms with van der Waals surface area (Å²) in [6.45, 7) is 3.05. The maximum Gasteiger partial charge on any atom is 0.219 e. The SMILES string of the molecule is CC(=O)N1CC(c2ccc(N)c(/C=C(\N)c3ccccc3O)c2)C1. The summed E-state index contributed by atoms with van der Waals surface area (Å²) in [6, 6.07) is 12.8. The number of nitrogen functional groups attached to an aromatic ring is 1. The van der Waals surface area contributed by atoms with Gasteiger partial charge in [0.15, 0.2) is 0 Å². The number of amides is 1. The topological polar surface area (TPSA) is 92.6 Å². The number of hydrogen-bond donors (Lipinski definition) is 3. The molecular formula is C19H21N3O2. The fourth-order valence-corrected chi connectivity index (χ4v) is 2.88. The first kappa shape index (κ1) is 15.9. The molecule has 5 heteroatoms. The van der Waals surface area contributed by atoms with Crippen LogP contribution >= 0.6 is 0 Å². The maximum absolute atomic E-state index is 11.3. The van der Waals surface area contributed by atoms with Crippen LogP contribution in [0.5, 0.6) is 5.75 Å². The van der Waals surface area contributed by atoms with E-state index in [0.29, 0.717) is 22.9 Å². The zero-order valence-corrected chi connectivity index (χ0v) is 13.6. The maximum atomic E-state index is 11.3. The Kier molecular flexibility index (Phi) is 4.16. The molecule has 24 heavy (non-hydrogen) atoms. The number of nitrogens with two attached hydrogens (primary N) is 2. The van der Waals surface area contributed by atoms with Crippen LogP contribution in [0.2, 0.25) is 0 Å². The third kappa shape index (κ3) is 3.06. The van der Waals surface area contributed by atoms with Crippen molar-refractivity contribution < 1.29 is 9.90 Å². The molecule has 1 heterocycles. The van der Waals surface area contributed by atoms with Crippen LogP contribution in [0.25, 0.3) is 11.8 Å². The highest BCUT2D eigenvalue weighted by molar-refractivity contribution is 5.85. The number of nitrogens with zero attached hydrogens (tertiary/aromatic N) is 1. The quantitative estimate of drug-likeness (QED) is 0.597. The highest BCUT2D eigenvalue weighted by atomic mass is 16.3. The Morgan fingerprint density at radius 1 is 1.25 bits per heavy atom. The first-order valence-corrected chi connectivity index (χ1v) is 7.86. The van der Waals surface area contributed by atoms with E-state index in [1.165, 1.54) is 0 Å². The predicted molar refractivity (Wildman–Crippen MR) is 96.0 cm³/mol. The van der Waals surface area contributed by atoms with Gasteiger partial charge in [0, 0.05) is 42.9 Å². The van der Waals surface area contributed by atoms with Gasteiger partial charge in [0.2, 0.25) is 5.91 Å². The molecule has 1 amide bonds. The predicted octanol–water partition coefficient (Wildman–Crippen LogP) is 2.38. The first-order valence-electron chi connectivity index (χ1n) is 7.86. The normalized spacial score (nSPS) is 15.2. The highest BCUT2D eigenvalue weighted by Gasteiger charge is 2.29. The number of rotatable bonds is 3. The molecule has 124 valence electrons. The molecule has 1 aliphatic heterocycles. The summed E-state index contributed by atoms with van der Waals surface area (Å²) in [4.78, 5) is 13.1. The number of phenolic OH excluding ortho intramolecular Hbond substituents is 1. The second-order valence-electron chi connectivity index (χ2n) is 6.13. The molecule has 0 spiro atoms. The van der Waals surface area contributed by atoms with E-state index in [4.69, 9.17) is 11.5 Å². The Morgan fingerprint density at radius 3 is 2.62 bits per heavy atom. The lowest BCUT2D eigenvalue weighted by Crippen LogP contribution is -2.47. The van der Waals surface area contributed by atoms with Crippen molar-refractivity contribution in [3.8, 4) is 5.75 Å². The number of aromatic hydroxyl groups is 1. The van der Waals surface area contributed by atoms with E-state index in [-0.39, 0.29) is 11.7 Å². The molecular weight excluding hydrogens is 302 g/mol. The van der Waals surface area contributed by atoms with Crippen LogP contribution in [-0.2, 0) is 4.79 Å². The van der Waals surface area contributed by atoms with E-state index in [2.05, 4.69) is 0 Å². The van der Waals surface area contributed by atoms with Crippen molar-refractivity contribution in [2.75, 3.05) is 18.8 Å². The van der Waals surface area contributed by atoms with Gasteiger partial charge in [-0.25, -0.2) is 0 Å². The van der Waals surface area contributed by atoms with Crippen molar-refractivity contribution in [2.24, 2.45) is 5.73 Å². The summed E-state index contributed by atoms with van der Waals surface area (Å²) in [5.41, 5.74) is 15.8. The first-order chi connectivity index (χ1) is 11.5. The number of hydrogen-bond acceptors (Lipinski definition) is 4. The van der Waals surface area contributed by atoms with Gasteiger partial charge in [-0.3, -0.25) is 4.79 Å². The summed E-state index contributed by atoms with van der Waals surface area (Å²) in [5.74, 6) is 0.565. The van der Waals surface area contributed by atoms with E-state index in [1.807, 2.05) is 29.2 Å². The van der Waals surface area contributed by atoms with E-state index in [9.17, 15) is 9.90 Å². The van der Waals surface area contributed by atoms with Gasteiger partial charge in [-0.2, -0.15) is 0 Å². The van der Waals surface area contributed by atoms with Gasteiger partial charge in [0.1, 0.15) is 5.75 Å². The van der Waals surface area contributed by atoms with Crippen molar-refractivity contribution in [3.63, 3.8) is 0 Å². The lowest BCUT2D eigenvalue weighted by atomic mass is 9.89.